The first-order valence-corrected chi connectivity index (χ1v) is 11.0. The Balaban J connectivity index is 1.34. The van der Waals surface area contributed by atoms with Crippen molar-refractivity contribution in [2.75, 3.05) is 6.54 Å². The monoisotopic (exact) mass is 431 g/mol. The van der Waals surface area contributed by atoms with Gasteiger partial charge < -0.3 is 13.8 Å². The third-order valence-electron chi connectivity index (χ3n) is 5.82. The van der Waals surface area contributed by atoms with Crippen LogP contribution in [0.3, 0.4) is 0 Å². The van der Waals surface area contributed by atoms with E-state index in [-0.39, 0.29) is 17.7 Å². The summed E-state index contributed by atoms with van der Waals surface area (Å²) < 4.78 is 13.3. The third-order valence-corrected chi connectivity index (χ3v) is 5.82. The molecule has 0 bridgehead atoms. The molecule has 8 heteroatoms. The zero-order valence-corrected chi connectivity index (χ0v) is 18.0. The Morgan fingerprint density at radius 2 is 2.06 bits per heavy atom. The number of carbonyl (C=O) groups excluding carboxylic acids is 1. The molecule has 1 atom stereocenters. The standard InChI is InChI=1S/C24H25N5O3/c1-2-28-16-18(14-26-28)20-13-22(32-27-20)24(30)29-11-7-6-10-21(29)23-25-15-19(31-23)12-17-8-4-3-5-9-17/h3-5,8-9,13-16,21H,2,6-7,10-12H2,1H3. The second-order valence-corrected chi connectivity index (χ2v) is 8.00. The molecule has 4 aromatic rings. The molecule has 4 heterocycles. The number of oxazole rings is 1. The van der Waals surface area contributed by atoms with Crippen LogP contribution in [0.2, 0.25) is 0 Å². The minimum absolute atomic E-state index is 0.195. The van der Waals surface area contributed by atoms with Crippen LogP contribution < -0.4 is 0 Å². The van der Waals surface area contributed by atoms with Gasteiger partial charge in [-0.2, -0.15) is 5.10 Å². The summed E-state index contributed by atoms with van der Waals surface area (Å²) in [6.07, 6.45) is 8.80. The van der Waals surface area contributed by atoms with Crippen LogP contribution >= 0.6 is 0 Å². The Bertz CT molecular complexity index is 1190. The van der Waals surface area contributed by atoms with Gasteiger partial charge >= 0.3 is 0 Å². The largest absolute Gasteiger partial charge is 0.443 e. The minimum Gasteiger partial charge on any atom is -0.443 e. The number of aryl methyl sites for hydroxylation is 1. The summed E-state index contributed by atoms with van der Waals surface area (Å²) >= 11 is 0. The number of benzene rings is 1. The summed E-state index contributed by atoms with van der Waals surface area (Å²) in [5.41, 5.74) is 2.58. The van der Waals surface area contributed by atoms with E-state index in [0.29, 0.717) is 24.6 Å². The average molecular weight is 431 g/mol. The number of carbonyl (C=O) groups is 1. The van der Waals surface area contributed by atoms with Gasteiger partial charge in [-0.3, -0.25) is 9.48 Å². The first-order valence-electron chi connectivity index (χ1n) is 11.0. The van der Waals surface area contributed by atoms with Crippen molar-refractivity contribution >= 4 is 5.91 Å². The smallest absolute Gasteiger partial charge is 0.293 e. The summed E-state index contributed by atoms with van der Waals surface area (Å²) in [6, 6.07) is 11.6. The van der Waals surface area contributed by atoms with Crippen molar-refractivity contribution < 1.29 is 13.7 Å². The molecule has 1 unspecified atom stereocenters. The highest BCUT2D eigenvalue weighted by Crippen LogP contribution is 2.32. The summed E-state index contributed by atoms with van der Waals surface area (Å²) in [4.78, 5) is 19.6. The Labute approximate surface area is 185 Å². The molecule has 164 valence electrons. The van der Waals surface area contributed by atoms with E-state index in [1.807, 2.05) is 36.0 Å². The molecule has 5 rings (SSSR count). The maximum Gasteiger partial charge on any atom is 0.293 e. The van der Waals surface area contributed by atoms with Gasteiger partial charge in [-0.25, -0.2) is 4.98 Å². The van der Waals surface area contributed by atoms with Crippen molar-refractivity contribution in [3.63, 3.8) is 0 Å². The number of rotatable bonds is 6. The highest BCUT2D eigenvalue weighted by molar-refractivity contribution is 5.92. The van der Waals surface area contributed by atoms with E-state index in [0.717, 1.165) is 42.7 Å². The Morgan fingerprint density at radius 1 is 1.19 bits per heavy atom. The van der Waals surface area contributed by atoms with Crippen LogP contribution in [-0.2, 0) is 13.0 Å². The zero-order chi connectivity index (χ0) is 21.9. The van der Waals surface area contributed by atoms with Crippen LogP contribution in [0.1, 0.15) is 60.0 Å². The van der Waals surface area contributed by atoms with Crippen molar-refractivity contribution in [3.8, 4) is 11.3 Å². The fourth-order valence-corrected chi connectivity index (χ4v) is 4.11. The molecule has 0 N–H and O–H groups in total. The predicted octanol–water partition coefficient (Wildman–Crippen LogP) is 4.50. The summed E-state index contributed by atoms with van der Waals surface area (Å²) in [5.74, 6) is 1.39. The lowest BCUT2D eigenvalue weighted by Crippen LogP contribution is -2.38. The number of hydrogen-bond acceptors (Lipinski definition) is 6. The van der Waals surface area contributed by atoms with Crippen molar-refractivity contribution in [2.45, 2.75) is 45.2 Å². The SMILES string of the molecule is CCn1cc(-c2cc(C(=O)N3CCCCC3c3ncc(Cc4ccccc4)o3)on2)cn1. The number of hydrogen-bond donors (Lipinski definition) is 0. The van der Waals surface area contributed by atoms with Crippen molar-refractivity contribution in [1.29, 1.82) is 0 Å². The van der Waals surface area contributed by atoms with Crippen LogP contribution in [0.5, 0.6) is 0 Å². The molecular weight excluding hydrogens is 406 g/mol. The summed E-state index contributed by atoms with van der Waals surface area (Å²) in [6.45, 7) is 3.41. The van der Waals surface area contributed by atoms with Crippen LogP contribution in [0.25, 0.3) is 11.3 Å². The van der Waals surface area contributed by atoms with Gasteiger partial charge in [-0.05, 0) is 31.7 Å². The van der Waals surface area contributed by atoms with Gasteiger partial charge in [0.05, 0.1) is 12.4 Å². The van der Waals surface area contributed by atoms with E-state index in [9.17, 15) is 4.79 Å². The lowest BCUT2D eigenvalue weighted by atomic mass is 10.0. The lowest BCUT2D eigenvalue weighted by molar-refractivity contribution is 0.0528. The van der Waals surface area contributed by atoms with Crippen LogP contribution in [0.4, 0.5) is 0 Å². The molecule has 1 aromatic carbocycles. The number of piperidine rings is 1. The van der Waals surface area contributed by atoms with Crippen LogP contribution in [-0.4, -0.2) is 37.3 Å². The third kappa shape index (κ3) is 4.08. The average Bonchev–Trinajstić information content (AvgIpc) is 3.59. The molecule has 1 aliphatic rings. The molecule has 0 aliphatic carbocycles. The maximum absolute atomic E-state index is 13.3. The van der Waals surface area contributed by atoms with Gasteiger partial charge in [0.15, 0.2) is 0 Å². The topological polar surface area (TPSA) is 90.2 Å². The van der Waals surface area contributed by atoms with Crippen molar-refractivity contribution in [1.82, 2.24) is 24.8 Å². The van der Waals surface area contributed by atoms with Crippen LogP contribution in [0.15, 0.2) is 63.9 Å². The molecular formula is C24H25N5O3. The Morgan fingerprint density at radius 3 is 2.88 bits per heavy atom. The lowest BCUT2D eigenvalue weighted by Gasteiger charge is -2.32. The second-order valence-electron chi connectivity index (χ2n) is 8.00. The molecule has 1 saturated heterocycles. The maximum atomic E-state index is 13.3. The van der Waals surface area contributed by atoms with Gasteiger partial charge in [-0.15, -0.1) is 0 Å². The molecule has 0 saturated carbocycles. The molecule has 0 radical (unpaired) electrons. The van der Waals surface area contributed by atoms with Gasteiger partial charge in [0.25, 0.3) is 5.91 Å². The number of nitrogens with zero attached hydrogens (tertiary/aromatic N) is 5. The van der Waals surface area contributed by atoms with E-state index in [4.69, 9.17) is 8.94 Å². The van der Waals surface area contributed by atoms with Crippen LogP contribution in [0, 0.1) is 0 Å². The minimum atomic E-state index is -0.211. The normalized spacial score (nSPS) is 16.4. The molecule has 1 aliphatic heterocycles. The van der Waals surface area contributed by atoms with Gasteiger partial charge in [0, 0.05) is 37.3 Å². The fourth-order valence-electron chi connectivity index (χ4n) is 4.11. The van der Waals surface area contributed by atoms with Crippen molar-refractivity contribution in [3.05, 3.63) is 78.0 Å². The molecule has 0 spiro atoms. The number of amides is 1. The first kappa shape index (κ1) is 20.2. The van der Waals surface area contributed by atoms with Gasteiger partial charge in [-0.1, -0.05) is 35.5 Å². The number of likely N-dealkylation sites (tertiary alicyclic amines) is 1. The molecule has 1 amide bonds. The molecule has 1 fully saturated rings. The fraction of sp³-hybridized carbons (Fsp3) is 0.333. The molecule has 8 nitrogen and oxygen atoms in total. The van der Waals surface area contributed by atoms with E-state index < -0.39 is 0 Å². The molecule has 3 aromatic heterocycles. The zero-order valence-electron chi connectivity index (χ0n) is 18.0. The highest BCUT2D eigenvalue weighted by Gasteiger charge is 2.34. The first-order chi connectivity index (χ1) is 15.7. The van der Waals surface area contributed by atoms with Crippen molar-refractivity contribution in [2.24, 2.45) is 0 Å². The van der Waals surface area contributed by atoms with E-state index in [1.54, 1.807) is 23.4 Å². The van der Waals surface area contributed by atoms with E-state index in [1.165, 1.54) is 0 Å². The summed E-state index contributed by atoms with van der Waals surface area (Å²) in [5, 5.41) is 8.34. The van der Waals surface area contributed by atoms with E-state index >= 15 is 0 Å². The predicted molar refractivity (Wildman–Crippen MR) is 117 cm³/mol. The van der Waals surface area contributed by atoms with E-state index in [2.05, 4.69) is 27.4 Å². The quantitative estimate of drug-likeness (QED) is 0.446. The second kappa shape index (κ2) is 8.82. The number of aromatic nitrogens is 4. The molecule has 32 heavy (non-hydrogen) atoms. The van der Waals surface area contributed by atoms with Gasteiger partial charge in [0.1, 0.15) is 17.5 Å². The Hall–Kier alpha value is -3.68. The summed E-state index contributed by atoms with van der Waals surface area (Å²) in [7, 11) is 0. The van der Waals surface area contributed by atoms with Gasteiger partial charge in [0.2, 0.25) is 11.7 Å². The Kier molecular flexibility index (Phi) is 5.58. The highest BCUT2D eigenvalue weighted by atomic mass is 16.5.